The van der Waals surface area contributed by atoms with E-state index in [-0.39, 0.29) is 13.2 Å². The molecule has 4 rings (SSSR count). The molecule has 0 aromatic heterocycles. The van der Waals surface area contributed by atoms with E-state index >= 15 is 0 Å². The second-order valence-corrected chi connectivity index (χ2v) is 10.1. The zero-order chi connectivity index (χ0) is 26.5. The molecule has 1 fully saturated rings. The molecule has 0 spiro atoms. The minimum absolute atomic E-state index is 0.121. The second-order valence-electron chi connectivity index (χ2n) is 8.49. The number of amides is 4. The van der Waals surface area contributed by atoms with Crippen LogP contribution in [0.4, 0.5) is 10.5 Å². The highest BCUT2D eigenvalue weighted by Crippen LogP contribution is 2.32. The predicted molar refractivity (Wildman–Crippen MR) is 149 cm³/mol. The summed E-state index contributed by atoms with van der Waals surface area (Å²) in [6.45, 7) is 1.83. The number of nitrogens with one attached hydrogen (secondary N) is 2. The highest BCUT2D eigenvalue weighted by atomic mass is 127. The molecule has 3 aromatic carbocycles. The molecule has 4 amide bonds. The van der Waals surface area contributed by atoms with Gasteiger partial charge in [0.2, 0.25) is 5.91 Å². The first-order valence-corrected chi connectivity index (χ1v) is 13.0. The highest BCUT2D eigenvalue weighted by Gasteiger charge is 2.47. The minimum atomic E-state index is -1.14. The number of halogens is 2. The van der Waals surface area contributed by atoms with Crippen molar-refractivity contribution in [1.82, 2.24) is 10.2 Å². The number of ether oxygens (including phenoxy) is 1. The van der Waals surface area contributed by atoms with E-state index in [1.165, 1.54) is 0 Å². The third-order valence-electron chi connectivity index (χ3n) is 6.08. The van der Waals surface area contributed by atoms with E-state index in [1.54, 1.807) is 49.4 Å². The highest BCUT2D eigenvalue weighted by molar-refractivity contribution is 14.1. The zero-order valence-corrected chi connectivity index (χ0v) is 22.8. The molecule has 0 aliphatic carbocycles. The number of aliphatic hydroxyl groups is 1. The third kappa shape index (κ3) is 6.06. The van der Waals surface area contributed by atoms with Crippen LogP contribution in [-0.2, 0) is 9.59 Å². The minimum Gasteiger partial charge on any atom is -0.491 e. The molecule has 1 heterocycles. The van der Waals surface area contributed by atoms with Crippen LogP contribution < -0.4 is 15.4 Å². The van der Waals surface area contributed by atoms with Crippen LogP contribution in [-0.4, -0.2) is 47.1 Å². The fourth-order valence-corrected chi connectivity index (χ4v) is 5.11. The second kappa shape index (κ2) is 11.9. The van der Waals surface area contributed by atoms with Gasteiger partial charge in [0.25, 0.3) is 5.91 Å². The number of nitrogens with zero attached hydrogens (tertiary/aromatic N) is 1. The molecule has 0 saturated carbocycles. The van der Waals surface area contributed by atoms with Crippen LogP contribution in [0.15, 0.2) is 72.8 Å². The number of carbonyl (C=O) groups is 3. The Morgan fingerprint density at radius 2 is 1.84 bits per heavy atom. The van der Waals surface area contributed by atoms with Crippen LogP contribution in [0.5, 0.6) is 5.75 Å². The van der Waals surface area contributed by atoms with Crippen molar-refractivity contribution in [3.05, 3.63) is 92.5 Å². The number of hydrogen-bond donors (Lipinski definition) is 3. The lowest BCUT2D eigenvalue weighted by Crippen LogP contribution is -2.50. The van der Waals surface area contributed by atoms with Crippen LogP contribution in [0.2, 0.25) is 5.02 Å². The van der Waals surface area contributed by atoms with E-state index in [2.05, 4.69) is 33.2 Å². The number of rotatable bonds is 9. The molecule has 0 bridgehead atoms. The van der Waals surface area contributed by atoms with Gasteiger partial charge in [0.15, 0.2) is 0 Å². The molecular formula is C27H25ClIN3O5. The molecule has 0 radical (unpaired) electrons. The molecule has 2 unspecified atom stereocenters. The number of benzene rings is 3. The van der Waals surface area contributed by atoms with Gasteiger partial charge in [0.05, 0.1) is 17.3 Å². The van der Waals surface area contributed by atoms with Crippen molar-refractivity contribution < 1.29 is 24.2 Å². The lowest BCUT2D eigenvalue weighted by molar-refractivity contribution is -0.134. The Bertz CT molecular complexity index is 1290. The van der Waals surface area contributed by atoms with Crippen molar-refractivity contribution in [2.75, 3.05) is 18.5 Å². The van der Waals surface area contributed by atoms with Crippen molar-refractivity contribution in [1.29, 1.82) is 0 Å². The van der Waals surface area contributed by atoms with Gasteiger partial charge in [-0.3, -0.25) is 9.59 Å². The van der Waals surface area contributed by atoms with Gasteiger partial charge in [-0.25, -0.2) is 9.69 Å². The molecule has 8 nitrogen and oxygen atoms in total. The van der Waals surface area contributed by atoms with Crippen LogP contribution >= 0.6 is 34.2 Å². The number of anilines is 1. The Balaban J connectivity index is 1.64. The Hall–Kier alpha value is -3.15. The number of carbonyl (C=O) groups excluding carboxylic acids is 3. The number of imide groups is 1. The van der Waals surface area contributed by atoms with Crippen molar-refractivity contribution in [3.63, 3.8) is 0 Å². The zero-order valence-electron chi connectivity index (χ0n) is 19.9. The van der Waals surface area contributed by atoms with E-state index in [0.717, 1.165) is 14.0 Å². The summed E-state index contributed by atoms with van der Waals surface area (Å²) in [5, 5.41) is 14.8. The van der Waals surface area contributed by atoms with E-state index in [9.17, 15) is 14.4 Å². The maximum absolute atomic E-state index is 13.6. The molecule has 192 valence electrons. The smallest absolute Gasteiger partial charge is 0.325 e. The molecule has 3 atom stereocenters. The summed E-state index contributed by atoms with van der Waals surface area (Å²) in [4.78, 5) is 41.4. The largest absolute Gasteiger partial charge is 0.491 e. The van der Waals surface area contributed by atoms with Gasteiger partial charge >= 0.3 is 6.03 Å². The summed E-state index contributed by atoms with van der Waals surface area (Å²) in [6.07, 6.45) is 0. The maximum atomic E-state index is 13.6. The van der Waals surface area contributed by atoms with Crippen LogP contribution in [0.25, 0.3) is 0 Å². The van der Waals surface area contributed by atoms with Crippen molar-refractivity contribution in [3.8, 4) is 5.75 Å². The van der Waals surface area contributed by atoms with Crippen molar-refractivity contribution in [2.45, 2.75) is 24.9 Å². The Morgan fingerprint density at radius 3 is 2.49 bits per heavy atom. The molecule has 1 saturated heterocycles. The molecule has 3 N–H and O–H groups in total. The fourth-order valence-electron chi connectivity index (χ4n) is 4.21. The molecule has 37 heavy (non-hydrogen) atoms. The first-order valence-electron chi connectivity index (χ1n) is 11.6. The molecule has 10 heteroatoms. The van der Waals surface area contributed by atoms with E-state index in [0.29, 0.717) is 22.0 Å². The van der Waals surface area contributed by atoms with Gasteiger partial charge in [-0.1, -0.05) is 61.0 Å². The number of urea groups is 1. The standard InChI is InChI=1S/C27H25ClIN3O5/c1-16(17-5-3-2-4-6-17)24(25(34)30-22-12-9-19(29)15-21(22)28)32-26(35)23(31-27(32)36)18-7-10-20(11-8-18)37-14-13-33/h2-12,15-16,23-24,33H,13-14H2,1H3,(H,30,34)(H,31,36)/t16?,23-,24?/m0/s1. The summed E-state index contributed by atoms with van der Waals surface area (Å²) < 4.78 is 6.27. The van der Waals surface area contributed by atoms with E-state index in [4.69, 9.17) is 21.4 Å². The Morgan fingerprint density at radius 1 is 1.14 bits per heavy atom. The first-order chi connectivity index (χ1) is 17.8. The van der Waals surface area contributed by atoms with Crippen molar-refractivity contribution in [2.24, 2.45) is 0 Å². The van der Waals surface area contributed by atoms with Crippen molar-refractivity contribution >= 4 is 57.7 Å². The fraction of sp³-hybridized carbons (Fsp3) is 0.222. The van der Waals surface area contributed by atoms with E-state index < -0.39 is 35.8 Å². The van der Waals surface area contributed by atoms with Gasteiger partial charge in [0.1, 0.15) is 24.4 Å². The van der Waals surface area contributed by atoms with Gasteiger partial charge in [0, 0.05) is 9.49 Å². The third-order valence-corrected chi connectivity index (χ3v) is 7.06. The van der Waals surface area contributed by atoms with Gasteiger partial charge < -0.3 is 20.5 Å². The molecular weight excluding hydrogens is 609 g/mol. The molecule has 1 aliphatic rings. The number of hydrogen-bond acceptors (Lipinski definition) is 5. The predicted octanol–water partition coefficient (Wildman–Crippen LogP) is 4.72. The lowest BCUT2D eigenvalue weighted by atomic mass is 9.91. The van der Waals surface area contributed by atoms with Crippen LogP contribution in [0.3, 0.4) is 0 Å². The summed E-state index contributed by atoms with van der Waals surface area (Å²) in [7, 11) is 0. The lowest BCUT2D eigenvalue weighted by Gasteiger charge is -2.30. The maximum Gasteiger partial charge on any atom is 0.325 e. The van der Waals surface area contributed by atoms with Crippen LogP contribution in [0, 0.1) is 3.57 Å². The SMILES string of the molecule is CC(c1ccccc1)C(C(=O)Nc1ccc(I)cc1Cl)N1C(=O)N[C@@H](c2ccc(OCCO)cc2)C1=O. The average molecular weight is 634 g/mol. The molecule has 3 aromatic rings. The van der Waals surface area contributed by atoms with E-state index in [1.807, 2.05) is 30.3 Å². The van der Waals surface area contributed by atoms with Crippen LogP contribution in [0.1, 0.15) is 30.0 Å². The number of aliphatic hydroxyl groups excluding tert-OH is 1. The average Bonchev–Trinajstić information content (AvgIpc) is 3.19. The summed E-state index contributed by atoms with van der Waals surface area (Å²) in [6, 6.07) is 18.3. The summed E-state index contributed by atoms with van der Waals surface area (Å²) in [5.74, 6) is -1.05. The monoisotopic (exact) mass is 633 g/mol. The topological polar surface area (TPSA) is 108 Å². The molecule has 1 aliphatic heterocycles. The Labute approximate surface area is 233 Å². The normalized spacial score (nSPS) is 16.8. The first kappa shape index (κ1) is 26.9. The quantitative estimate of drug-likeness (QED) is 0.234. The summed E-state index contributed by atoms with van der Waals surface area (Å²) >= 11 is 8.45. The van der Waals surface area contributed by atoms with Gasteiger partial charge in [-0.2, -0.15) is 0 Å². The van der Waals surface area contributed by atoms with Gasteiger partial charge in [-0.05, 0) is 64.0 Å². The summed E-state index contributed by atoms with van der Waals surface area (Å²) in [5.41, 5.74) is 1.73. The van der Waals surface area contributed by atoms with Gasteiger partial charge in [-0.15, -0.1) is 0 Å². The Kier molecular flexibility index (Phi) is 8.67.